The molecule has 25 heavy (non-hydrogen) atoms. The van der Waals surface area contributed by atoms with E-state index in [2.05, 4.69) is 19.9 Å². The van der Waals surface area contributed by atoms with Crippen LogP contribution in [0.3, 0.4) is 0 Å². The topological polar surface area (TPSA) is 94.7 Å². The van der Waals surface area contributed by atoms with Gasteiger partial charge in [-0.25, -0.2) is 22.2 Å². The van der Waals surface area contributed by atoms with Gasteiger partial charge in [-0.15, -0.1) is 5.10 Å². The molecule has 0 bridgehead atoms. The molecule has 3 rings (SSSR count). The van der Waals surface area contributed by atoms with Crippen LogP contribution in [0.25, 0.3) is 0 Å². The largest absolute Gasteiger partial charge is 0.272 e. The molecule has 0 aliphatic carbocycles. The number of aromatic nitrogens is 5. The molecule has 0 fully saturated rings. The van der Waals surface area contributed by atoms with Crippen molar-refractivity contribution in [2.75, 3.05) is 4.72 Å². The van der Waals surface area contributed by atoms with Crippen LogP contribution in [-0.2, 0) is 23.1 Å². The number of benzene rings is 1. The van der Waals surface area contributed by atoms with Gasteiger partial charge in [0.25, 0.3) is 16.0 Å². The molecule has 0 atom stereocenters. The van der Waals surface area contributed by atoms with Gasteiger partial charge in [-0.1, -0.05) is 17.7 Å². The Labute approximate surface area is 148 Å². The van der Waals surface area contributed by atoms with Crippen molar-refractivity contribution in [1.29, 1.82) is 0 Å². The van der Waals surface area contributed by atoms with Gasteiger partial charge >= 0.3 is 0 Å². The fourth-order valence-corrected chi connectivity index (χ4v) is 3.22. The van der Waals surface area contributed by atoms with E-state index in [4.69, 9.17) is 11.6 Å². The van der Waals surface area contributed by atoms with E-state index in [1.165, 1.54) is 40.2 Å². The lowest BCUT2D eigenvalue weighted by Gasteiger charge is -2.05. The van der Waals surface area contributed by atoms with Crippen LogP contribution in [0.4, 0.5) is 10.3 Å². The second-order valence-corrected chi connectivity index (χ2v) is 7.19. The highest BCUT2D eigenvalue weighted by atomic mass is 35.5. The van der Waals surface area contributed by atoms with Crippen LogP contribution in [0.5, 0.6) is 0 Å². The van der Waals surface area contributed by atoms with Gasteiger partial charge in [0.2, 0.25) is 0 Å². The van der Waals surface area contributed by atoms with Gasteiger partial charge in [0.1, 0.15) is 17.0 Å². The lowest BCUT2D eigenvalue weighted by Crippen LogP contribution is -2.14. The van der Waals surface area contributed by atoms with Gasteiger partial charge in [-0.2, -0.15) is 10.1 Å². The molecule has 1 N–H and O–H groups in total. The maximum Gasteiger partial charge on any atom is 0.267 e. The minimum atomic E-state index is -3.85. The molecule has 0 aliphatic rings. The summed E-state index contributed by atoms with van der Waals surface area (Å²) < 4.78 is 43.4. The second-order valence-electron chi connectivity index (χ2n) is 5.10. The minimum Gasteiger partial charge on any atom is -0.272 e. The molecule has 2 aromatic heterocycles. The second kappa shape index (κ2) is 6.81. The molecular weight excluding hydrogens is 371 g/mol. The molecule has 0 amide bonds. The summed E-state index contributed by atoms with van der Waals surface area (Å²) in [6.45, 7) is 2.41. The molecule has 1 aromatic carbocycles. The predicted molar refractivity (Wildman–Crippen MR) is 89.2 cm³/mol. The van der Waals surface area contributed by atoms with Crippen LogP contribution >= 0.6 is 11.6 Å². The zero-order valence-electron chi connectivity index (χ0n) is 13.1. The van der Waals surface area contributed by atoms with Gasteiger partial charge in [-0.05, 0) is 19.1 Å². The normalized spacial score (nSPS) is 11.6. The number of nitrogens with one attached hydrogen (secondary N) is 1. The lowest BCUT2D eigenvalue weighted by atomic mass is 10.2. The molecule has 11 heteroatoms. The van der Waals surface area contributed by atoms with Crippen LogP contribution in [-0.4, -0.2) is 33.0 Å². The van der Waals surface area contributed by atoms with Gasteiger partial charge in [0.15, 0.2) is 0 Å². The van der Waals surface area contributed by atoms with Crippen LogP contribution in [0, 0.1) is 5.82 Å². The Kier molecular flexibility index (Phi) is 4.73. The minimum absolute atomic E-state index is 0.00264. The average Bonchev–Trinajstić information content (AvgIpc) is 3.20. The third-order valence-corrected chi connectivity index (χ3v) is 5.02. The van der Waals surface area contributed by atoms with Crippen molar-refractivity contribution in [1.82, 2.24) is 24.5 Å². The van der Waals surface area contributed by atoms with Gasteiger partial charge < -0.3 is 0 Å². The van der Waals surface area contributed by atoms with Crippen molar-refractivity contribution < 1.29 is 12.8 Å². The average molecular weight is 385 g/mol. The first-order chi connectivity index (χ1) is 11.9. The number of nitrogens with zero attached hydrogens (tertiary/aromatic N) is 5. The Morgan fingerprint density at radius 1 is 1.32 bits per heavy atom. The highest BCUT2D eigenvalue weighted by Gasteiger charge is 2.19. The first-order valence-electron chi connectivity index (χ1n) is 7.26. The van der Waals surface area contributed by atoms with Crippen molar-refractivity contribution in [2.45, 2.75) is 24.9 Å². The summed E-state index contributed by atoms with van der Waals surface area (Å²) in [4.78, 5) is 3.88. The molecule has 2 heterocycles. The van der Waals surface area contributed by atoms with E-state index < -0.39 is 15.8 Å². The standard InChI is InChI=1S/C14H14ClFN6O2S/c1-2-21-7-10(6-18-21)25(23,24)20-14-17-9-22(19-14)8-11-12(15)4-3-5-13(11)16/h3-7,9H,2,8H2,1H3,(H,19,20). The van der Waals surface area contributed by atoms with Gasteiger partial charge in [0, 0.05) is 23.3 Å². The number of hydrogen-bond donors (Lipinski definition) is 1. The van der Waals surface area contributed by atoms with E-state index in [0.29, 0.717) is 6.54 Å². The lowest BCUT2D eigenvalue weighted by molar-refractivity contribution is 0.584. The number of halogens is 2. The summed E-state index contributed by atoms with van der Waals surface area (Å²) >= 11 is 5.97. The SMILES string of the molecule is CCn1cc(S(=O)(=O)Nc2ncn(Cc3c(F)cccc3Cl)n2)cn1. The number of anilines is 1. The Bertz CT molecular complexity index is 980. The number of rotatable bonds is 6. The highest BCUT2D eigenvalue weighted by Crippen LogP contribution is 2.20. The van der Waals surface area contributed by atoms with Crippen LogP contribution < -0.4 is 4.72 Å². The summed E-state index contributed by atoms with van der Waals surface area (Å²) in [6.07, 6.45) is 3.93. The molecule has 0 spiro atoms. The predicted octanol–water partition coefficient (Wildman–Crippen LogP) is 2.14. The van der Waals surface area contributed by atoms with Crippen molar-refractivity contribution in [3.8, 4) is 0 Å². The molecule has 0 unspecified atom stereocenters. The molecule has 3 aromatic rings. The van der Waals surface area contributed by atoms with Crippen LogP contribution in [0.2, 0.25) is 5.02 Å². The fourth-order valence-electron chi connectivity index (χ4n) is 2.10. The van der Waals surface area contributed by atoms with Gasteiger partial charge in [0.05, 0.1) is 12.7 Å². The van der Waals surface area contributed by atoms with Crippen LogP contribution in [0.15, 0.2) is 41.8 Å². The molecule has 0 aliphatic heterocycles. The van der Waals surface area contributed by atoms with Crippen molar-refractivity contribution in [2.24, 2.45) is 0 Å². The Morgan fingerprint density at radius 2 is 2.12 bits per heavy atom. The van der Waals surface area contributed by atoms with Gasteiger partial charge in [-0.3, -0.25) is 4.68 Å². The third-order valence-electron chi connectivity index (χ3n) is 3.39. The summed E-state index contributed by atoms with van der Waals surface area (Å²) in [5.41, 5.74) is 0.243. The number of hydrogen-bond acceptors (Lipinski definition) is 5. The van der Waals surface area contributed by atoms with E-state index in [-0.39, 0.29) is 28.0 Å². The first kappa shape index (κ1) is 17.4. The highest BCUT2D eigenvalue weighted by molar-refractivity contribution is 7.92. The Hall–Kier alpha value is -2.46. The summed E-state index contributed by atoms with van der Waals surface area (Å²) in [7, 11) is -3.85. The van der Waals surface area contributed by atoms with Crippen molar-refractivity contribution in [3.05, 3.63) is 53.3 Å². The number of aryl methyl sites for hydroxylation is 1. The Balaban J connectivity index is 1.77. The molecule has 0 saturated heterocycles. The van der Waals surface area contributed by atoms with E-state index in [1.807, 2.05) is 6.92 Å². The summed E-state index contributed by atoms with van der Waals surface area (Å²) in [5.74, 6) is -0.603. The fraction of sp³-hybridized carbons (Fsp3) is 0.214. The van der Waals surface area contributed by atoms with E-state index in [0.717, 1.165) is 0 Å². The summed E-state index contributed by atoms with van der Waals surface area (Å²) in [6, 6.07) is 4.34. The monoisotopic (exact) mass is 384 g/mol. The first-order valence-corrected chi connectivity index (χ1v) is 9.13. The molecule has 8 nitrogen and oxygen atoms in total. The molecule has 132 valence electrons. The van der Waals surface area contributed by atoms with Crippen molar-refractivity contribution in [3.63, 3.8) is 0 Å². The summed E-state index contributed by atoms with van der Waals surface area (Å²) in [5, 5.41) is 8.16. The van der Waals surface area contributed by atoms with Crippen LogP contribution in [0.1, 0.15) is 12.5 Å². The van der Waals surface area contributed by atoms with E-state index >= 15 is 0 Å². The number of sulfonamides is 1. The Morgan fingerprint density at radius 3 is 2.80 bits per heavy atom. The molecule has 0 radical (unpaired) electrons. The van der Waals surface area contributed by atoms with Crippen molar-refractivity contribution >= 4 is 27.6 Å². The molecular formula is C14H14ClFN6O2S. The van der Waals surface area contributed by atoms with E-state index in [1.54, 1.807) is 6.07 Å². The smallest absolute Gasteiger partial charge is 0.267 e. The quantitative estimate of drug-likeness (QED) is 0.702. The zero-order chi connectivity index (χ0) is 18.0. The molecule has 0 saturated carbocycles. The zero-order valence-corrected chi connectivity index (χ0v) is 14.7. The maximum atomic E-state index is 13.8. The van der Waals surface area contributed by atoms with E-state index in [9.17, 15) is 12.8 Å². The maximum absolute atomic E-state index is 13.8. The third kappa shape index (κ3) is 3.80.